The van der Waals surface area contributed by atoms with E-state index in [2.05, 4.69) is 12.1 Å². The summed E-state index contributed by atoms with van der Waals surface area (Å²) in [6.07, 6.45) is 2.95. The zero-order valence-corrected chi connectivity index (χ0v) is 12.7. The van der Waals surface area contributed by atoms with Crippen molar-refractivity contribution in [2.24, 2.45) is 5.16 Å². The molecule has 0 N–H and O–H groups in total. The van der Waals surface area contributed by atoms with Crippen LogP contribution in [0.5, 0.6) is 0 Å². The molecule has 0 aromatic heterocycles. The molecule has 20 heavy (non-hydrogen) atoms. The van der Waals surface area contributed by atoms with Crippen molar-refractivity contribution in [3.63, 3.8) is 0 Å². The van der Waals surface area contributed by atoms with Gasteiger partial charge in [-0.2, -0.15) is 0 Å². The number of hydrogen-bond donors (Lipinski definition) is 0. The number of esters is 1. The number of rotatable bonds is 8. The standard InChI is InChI=1S/C15H20ClNO3/c1-3-4-7-10-20-15(18)14(17-19-2)13-9-6-5-8-12(13)11-16/h5-6,8-9H,3-4,7,10-11H2,1-2H3/b17-14+. The SMILES string of the molecule is CCCCCOC(=O)/C(=N/OC)c1ccccc1CCl. The molecule has 0 unspecified atom stereocenters. The topological polar surface area (TPSA) is 47.9 Å². The summed E-state index contributed by atoms with van der Waals surface area (Å²) in [7, 11) is 1.40. The van der Waals surface area contributed by atoms with E-state index in [1.54, 1.807) is 6.07 Å². The lowest BCUT2D eigenvalue weighted by Crippen LogP contribution is -2.21. The lowest BCUT2D eigenvalue weighted by Gasteiger charge is -2.09. The molecule has 0 saturated carbocycles. The first kappa shape index (κ1) is 16.5. The molecule has 0 bridgehead atoms. The smallest absolute Gasteiger partial charge is 0.361 e. The average Bonchev–Trinajstić information content (AvgIpc) is 2.49. The average molecular weight is 298 g/mol. The summed E-state index contributed by atoms with van der Waals surface area (Å²) in [5, 5.41) is 3.79. The lowest BCUT2D eigenvalue weighted by molar-refractivity contribution is -0.135. The van der Waals surface area contributed by atoms with Gasteiger partial charge >= 0.3 is 5.97 Å². The van der Waals surface area contributed by atoms with Crippen molar-refractivity contribution in [1.29, 1.82) is 0 Å². The van der Waals surface area contributed by atoms with Crippen LogP contribution in [0.2, 0.25) is 0 Å². The molecule has 1 rings (SSSR count). The number of nitrogens with zero attached hydrogens (tertiary/aromatic N) is 1. The van der Waals surface area contributed by atoms with E-state index >= 15 is 0 Å². The summed E-state index contributed by atoms with van der Waals surface area (Å²) < 4.78 is 5.22. The normalized spacial score (nSPS) is 11.2. The Bertz CT molecular complexity index is 460. The van der Waals surface area contributed by atoms with Crippen LogP contribution in [0.1, 0.15) is 37.3 Å². The van der Waals surface area contributed by atoms with Gasteiger partial charge in [-0.3, -0.25) is 0 Å². The summed E-state index contributed by atoms with van der Waals surface area (Å²) in [5.74, 6) is -0.192. The monoisotopic (exact) mass is 297 g/mol. The van der Waals surface area contributed by atoms with Gasteiger partial charge in [0.25, 0.3) is 0 Å². The maximum Gasteiger partial charge on any atom is 0.361 e. The number of halogens is 1. The molecule has 0 aliphatic heterocycles. The molecule has 1 aromatic carbocycles. The highest BCUT2D eigenvalue weighted by Crippen LogP contribution is 2.14. The lowest BCUT2D eigenvalue weighted by atomic mass is 10.0. The predicted octanol–water partition coefficient (Wildman–Crippen LogP) is 3.51. The fraction of sp³-hybridized carbons (Fsp3) is 0.467. The van der Waals surface area contributed by atoms with Crippen LogP contribution in [0, 0.1) is 0 Å². The molecule has 0 spiro atoms. The number of unbranched alkanes of at least 4 members (excludes halogenated alkanes) is 2. The highest BCUT2D eigenvalue weighted by molar-refractivity contribution is 6.43. The Kier molecular flexibility index (Phi) is 7.73. The van der Waals surface area contributed by atoms with Crippen LogP contribution in [-0.2, 0) is 20.2 Å². The van der Waals surface area contributed by atoms with Gasteiger partial charge < -0.3 is 9.57 Å². The van der Waals surface area contributed by atoms with Crippen LogP contribution in [0.25, 0.3) is 0 Å². The summed E-state index contributed by atoms with van der Waals surface area (Å²) in [5.41, 5.74) is 1.61. The van der Waals surface area contributed by atoms with Crippen molar-refractivity contribution in [3.8, 4) is 0 Å². The van der Waals surface area contributed by atoms with Crippen LogP contribution in [0.3, 0.4) is 0 Å². The van der Waals surface area contributed by atoms with Gasteiger partial charge in [-0.1, -0.05) is 49.2 Å². The fourth-order valence-electron chi connectivity index (χ4n) is 1.74. The van der Waals surface area contributed by atoms with Crippen molar-refractivity contribution in [2.75, 3.05) is 13.7 Å². The molecule has 0 radical (unpaired) electrons. The van der Waals surface area contributed by atoms with Crippen LogP contribution in [-0.4, -0.2) is 25.4 Å². The summed E-state index contributed by atoms with van der Waals surface area (Å²) >= 11 is 5.88. The Morgan fingerprint density at radius 2 is 2.05 bits per heavy atom. The highest BCUT2D eigenvalue weighted by Gasteiger charge is 2.19. The third kappa shape index (κ3) is 4.85. The number of carbonyl (C=O) groups is 1. The molecule has 0 aliphatic rings. The Balaban J connectivity index is 2.83. The van der Waals surface area contributed by atoms with Crippen LogP contribution in [0.15, 0.2) is 29.4 Å². The van der Waals surface area contributed by atoms with E-state index in [-0.39, 0.29) is 5.71 Å². The predicted molar refractivity (Wildman–Crippen MR) is 80.0 cm³/mol. The zero-order chi connectivity index (χ0) is 14.8. The Hall–Kier alpha value is -1.55. The van der Waals surface area contributed by atoms with E-state index in [9.17, 15) is 4.79 Å². The van der Waals surface area contributed by atoms with Gasteiger partial charge in [-0.25, -0.2) is 4.79 Å². The molecule has 5 heteroatoms. The highest BCUT2D eigenvalue weighted by atomic mass is 35.5. The number of alkyl halides is 1. The van der Waals surface area contributed by atoms with Crippen molar-refractivity contribution >= 4 is 23.3 Å². The molecule has 0 saturated heterocycles. The summed E-state index contributed by atoms with van der Waals surface area (Å²) in [4.78, 5) is 16.8. The molecule has 0 fully saturated rings. The first-order valence-electron chi connectivity index (χ1n) is 6.67. The third-order valence-electron chi connectivity index (χ3n) is 2.77. The largest absolute Gasteiger partial charge is 0.461 e. The van der Waals surface area contributed by atoms with Gasteiger partial charge in [0.05, 0.1) is 6.61 Å². The Morgan fingerprint density at radius 3 is 2.70 bits per heavy atom. The van der Waals surface area contributed by atoms with Crippen LogP contribution >= 0.6 is 11.6 Å². The minimum atomic E-state index is -0.486. The van der Waals surface area contributed by atoms with Crippen molar-refractivity contribution in [2.45, 2.75) is 32.1 Å². The number of benzene rings is 1. The number of ether oxygens (including phenoxy) is 1. The van der Waals surface area contributed by atoms with Crippen molar-refractivity contribution < 1.29 is 14.4 Å². The van der Waals surface area contributed by atoms with Gasteiger partial charge in [0, 0.05) is 11.4 Å². The number of hydrogen-bond acceptors (Lipinski definition) is 4. The quantitative estimate of drug-likeness (QED) is 0.242. The molecule has 0 amide bonds. The molecule has 0 heterocycles. The second kappa shape index (κ2) is 9.37. The van der Waals surface area contributed by atoms with Crippen LogP contribution < -0.4 is 0 Å². The molecule has 4 nitrogen and oxygen atoms in total. The minimum absolute atomic E-state index is 0.153. The van der Waals surface area contributed by atoms with Gasteiger partial charge in [0.15, 0.2) is 5.71 Å². The van der Waals surface area contributed by atoms with E-state index < -0.39 is 5.97 Å². The molecule has 0 aliphatic carbocycles. The van der Waals surface area contributed by atoms with Crippen molar-refractivity contribution in [1.82, 2.24) is 0 Å². The molecular weight excluding hydrogens is 278 g/mol. The number of oxime groups is 1. The second-order valence-electron chi connectivity index (χ2n) is 4.26. The van der Waals surface area contributed by atoms with Crippen LogP contribution in [0.4, 0.5) is 0 Å². The molecule has 0 atom stereocenters. The zero-order valence-electron chi connectivity index (χ0n) is 11.9. The molecular formula is C15H20ClNO3. The van der Waals surface area contributed by atoms with E-state index in [0.717, 1.165) is 24.8 Å². The molecule has 1 aromatic rings. The first-order valence-corrected chi connectivity index (χ1v) is 7.20. The van der Waals surface area contributed by atoms with E-state index in [0.29, 0.717) is 18.1 Å². The Labute approximate surface area is 124 Å². The van der Waals surface area contributed by atoms with E-state index in [1.807, 2.05) is 18.2 Å². The van der Waals surface area contributed by atoms with E-state index in [1.165, 1.54) is 7.11 Å². The summed E-state index contributed by atoms with van der Waals surface area (Å²) in [6.45, 7) is 2.48. The second-order valence-corrected chi connectivity index (χ2v) is 4.52. The third-order valence-corrected chi connectivity index (χ3v) is 3.06. The Morgan fingerprint density at radius 1 is 1.30 bits per heavy atom. The van der Waals surface area contributed by atoms with Gasteiger partial charge in [0.2, 0.25) is 0 Å². The minimum Gasteiger partial charge on any atom is -0.461 e. The molecule has 110 valence electrons. The summed E-state index contributed by atoms with van der Waals surface area (Å²) in [6, 6.07) is 7.31. The van der Waals surface area contributed by atoms with Gasteiger partial charge in [-0.05, 0) is 12.0 Å². The van der Waals surface area contributed by atoms with Gasteiger partial charge in [-0.15, -0.1) is 11.6 Å². The fourth-order valence-corrected chi connectivity index (χ4v) is 1.97. The maximum atomic E-state index is 12.1. The van der Waals surface area contributed by atoms with Crippen molar-refractivity contribution in [3.05, 3.63) is 35.4 Å². The first-order chi connectivity index (χ1) is 9.74. The number of carbonyl (C=O) groups excluding carboxylic acids is 1. The van der Waals surface area contributed by atoms with Gasteiger partial charge in [0.1, 0.15) is 7.11 Å². The maximum absolute atomic E-state index is 12.1. The van der Waals surface area contributed by atoms with E-state index in [4.69, 9.17) is 21.2 Å².